The molecule has 0 aliphatic heterocycles. The third kappa shape index (κ3) is 10.3. The number of ether oxygens (including phenoxy) is 1. The molecule has 0 saturated heterocycles. The van der Waals surface area contributed by atoms with E-state index >= 15 is 0 Å². The lowest BCUT2D eigenvalue weighted by atomic mass is 9.99. The van der Waals surface area contributed by atoms with Crippen molar-refractivity contribution in [2.45, 2.75) is 71.1 Å². The maximum absolute atomic E-state index is 14.1. The van der Waals surface area contributed by atoms with Crippen molar-refractivity contribution < 1.29 is 29.3 Å². The van der Waals surface area contributed by atoms with Crippen molar-refractivity contribution in [1.29, 1.82) is 0 Å². The number of hydrogen-bond acceptors (Lipinski definition) is 6. The van der Waals surface area contributed by atoms with Gasteiger partial charge in [-0.2, -0.15) is 0 Å². The molecule has 0 heterocycles. The lowest BCUT2D eigenvalue weighted by Gasteiger charge is -2.34. The predicted molar refractivity (Wildman–Crippen MR) is 153 cm³/mol. The van der Waals surface area contributed by atoms with Gasteiger partial charge in [0.05, 0.1) is 6.61 Å². The maximum Gasteiger partial charge on any atom is 0.408 e. The molecule has 0 aromatic heterocycles. The van der Waals surface area contributed by atoms with Crippen LogP contribution in [0.3, 0.4) is 0 Å². The molecular formula is C31H41N3O6. The number of terminal acetylenes is 1. The first-order chi connectivity index (χ1) is 19.0. The predicted octanol–water partition coefficient (Wildman–Crippen LogP) is 3.68. The Hall–Kier alpha value is -4.03. The van der Waals surface area contributed by atoms with Gasteiger partial charge in [0.2, 0.25) is 11.8 Å². The maximum atomic E-state index is 14.1. The Bertz CT molecular complexity index is 1150. The molecule has 0 bridgehead atoms. The highest BCUT2D eigenvalue weighted by Gasteiger charge is 2.36. The van der Waals surface area contributed by atoms with E-state index in [9.17, 15) is 24.6 Å². The fraction of sp³-hybridized carbons (Fsp3) is 0.452. The van der Waals surface area contributed by atoms with Crippen molar-refractivity contribution in [2.75, 3.05) is 19.7 Å². The van der Waals surface area contributed by atoms with Gasteiger partial charge in [-0.25, -0.2) is 4.79 Å². The molecule has 2 rings (SSSR count). The average molecular weight is 552 g/mol. The number of carbonyl (C=O) groups is 3. The molecule has 4 N–H and O–H groups in total. The van der Waals surface area contributed by atoms with E-state index in [1.165, 1.54) is 17.0 Å². The van der Waals surface area contributed by atoms with Crippen LogP contribution in [0.4, 0.5) is 4.79 Å². The number of aliphatic hydroxyl groups is 1. The van der Waals surface area contributed by atoms with E-state index in [-0.39, 0.29) is 18.7 Å². The zero-order chi connectivity index (χ0) is 29.7. The summed E-state index contributed by atoms with van der Waals surface area (Å²) in [6.45, 7) is 7.04. The smallest absolute Gasteiger partial charge is 0.408 e. The molecular weight excluding hydrogens is 510 g/mol. The first-order valence-electron chi connectivity index (χ1n) is 13.5. The van der Waals surface area contributed by atoms with E-state index < -0.39 is 42.2 Å². The number of aromatic hydroxyl groups is 1. The van der Waals surface area contributed by atoms with Gasteiger partial charge in [-0.05, 0) is 62.6 Å². The molecule has 0 radical (unpaired) electrons. The number of phenolic OH excluding ortho intramolecular Hbond substituents is 1. The minimum absolute atomic E-state index is 0.0567. The Morgan fingerprint density at radius 2 is 1.70 bits per heavy atom. The second-order valence-electron chi connectivity index (χ2n) is 10.5. The quantitative estimate of drug-likeness (QED) is 0.222. The van der Waals surface area contributed by atoms with Gasteiger partial charge in [-0.3, -0.25) is 9.59 Å². The SMILES string of the molecule is C#Cc1ccc(C(C(=O)NCCCCC)N(CCO)C(=O)C(Cc2ccc(O)cc2)NC(=O)OC(C)(C)C)cc1. The van der Waals surface area contributed by atoms with Crippen molar-refractivity contribution in [3.63, 3.8) is 0 Å². The first-order valence-corrected chi connectivity index (χ1v) is 13.5. The Morgan fingerprint density at radius 1 is 1.05 bits per heavy atom. The van der Waals surface area contributed by atoms with E-state index in [2.05, 4.69) is 23.5 Å². The fourth-order valence-electron chi connectivity index (χ4n) is 4.11. The summed E-state index contributed by atoms with van der Waals surface area (Å²) in [4.78, 5) is 41.7. The van der Waals surface area contributed by atoms with E-state index in [1.807, 2.05) is 0 Å². The van der Waals surface area contributed by atoms with Crippen molar-refractivity contribution in [2.24, 2.45) is 0 Å². The van der Waals surface area contributed by atoms with Crippen LogP contribution in [0, 0.1) is 12.3 Å². The van der Waals surface area contributed by atoms with Gasteiger partial charge in [-0.1, -0.05) is 50.0 Å². The summed E-state index contributed by atoms with van der Waals surface area (Å²) in [6.07, 6.45) is 7.47. The summed E-state index contributed by atoms with van der Waals surface area (Å²) < 4.78 is 5.40. The number of benzene rings is 2. The normalized spacial score (nSPS) is 12.5. The standard InChI is InChI=1S/C31H41N3O6/c1-6-8-9-18-32-28(37)27(24-14-10-22(7-2)11-15-24)34(19-20-35)29(38)26(33-30(39)40-31(3,4)5)21-23-12-16-25(36)17-13-23/h2,10-17,26-27,35-36H,6,8-9,18-21H2,1,3-5H3,(H,32,37)(H,33,39). The van der Waals surface area contributed by atoms with Gasteiger partial charge in [0.15, 0.2) is 0 Å². The summed E-state index contributed by atoms with van der Waals surface area (Å²) in [5.74, 6) is 1.61. The molecule has 0 saturated carbocycles. The molecule has 0 aliphatic carbocycles. The van der Waals surface area contributed by atoms with Gasteiger partial charge in [-0.15, -0.1) is 6.42 Å². The number of unbranched alkanes of at least 4 members (excludes halogenated alkanes) is 2. The number of nitrogens with zero attached hydrogens (tertiary/aromatic N) is 1. The molecule has 0 spiro atoms. The van der Waals surface area contributed by atoms with E-state index in [0.717, 1.165) is 19.3 Å². The number of alkyl carbamates (subject to hydrolysis) is 1. The molecule has 40 heavy (non-hydrogen) atoms. The molecule has 2 aromatic carbocycles. The minimum atomic E-state index is -1.13. The number of carbonyl (C=O) groups excluding carboxylic acids is 3. The van der Waals surface area contributed by atoms with Crippen LogP contribution >= 0.6 is 0 Å². The summed E-state index contributed by atoms with van der Waals surface area (Å²) in [5, 5.41) is 25.2. The Kier molecular flexibility index (Phi) is 12.5. The van der Waals surface area contributed by atoms with E-state index in [0.29, 0.717) is 23.2 Å². The number of phenols is 1. The second kappa shape index (κ2) is 15.5. The highest BCUT2D eigenvalue weighted by molar-refractivity contribution is 5.92. The summed E-state index contributed by atoms with van der Waals surface area (Å²) in [5.41, 5.74) is 0.980. The Balaban J connectivity index is 2.49. The zero-order valence-electron chi connectivity index (χ0n) is 23.8. The van der Waals surface area contributed by atoms with Crippen LogP contribution in [0.25, 0.3) is 0 Å². The van der Waals surface area contributed by atoms with Crippen molar-refractivity contribution in [3.05, 3.63) is 65.2 Å². The molecule has 2 atom stereocenters. The van der Waals surface area contributed by atoms with Crippen LogP contribution < -0.4 is 10.6 Å². The van der Waals surface area contributed by atoms with Gasteiger partial charge < -0.3 is 30.5 Å². The van der Waals surface area contributed by atoms with E-state index in [4.69, 9.17) is 11.2 Å². The first kappa shape index (κ1) is 32.2. The zero-order valence-corrected chi connectivity index (χ0v) is 23.8. The van der Waals surface area contributed by atoms with Crippen LogP contribution in [0.1, 0.15) is 69.7 Å². The van der Waals surface area contributed by atoms with Crippen LogP contribution in [0.5, 0.6) is 5.75 Å². The average Bonchev–Trinajstić information content (AvgIpc) is 2.90. The molecule has 0 aliphatic rings. The van der Waals surface area contributed by atoms with Crippen molar-refractivity contribution in [3.8, 4) is 18.1 Å². The van der Waals surface area contributed by atoms with Gasteiger partial charge >= 0.3 is 6.09 Å². The number of nitrogens with one attached hydrogen (secondary N) is 2. The minimum Gasteiger partial charge on any atom is -0.508 e. The highest BCUT2D eigenvalue weighted by Crippen LogP contribution is 2.24. The lowest BCUT2D eigenvalue weighted by Crippen LogP contribution is -2.54. The highest BCUT2D eigenvalue weighted by atomic mass is 16.6. The van der Waals surface area contributed by atoms with Gasteiger partial charge in [0.25, 0.3) is 0 Å². The molecule has 9 nitrogen and oxygen atoms in total. The van der Waals surface area contributed by atoms with Crippen LogP contribution in [0.15, 0.2) is 48.5 Å². The van der Waals surface area contributed by atoms with Crippen LogP contribution in [0.2, 0.25) is 0 Å². The molecule has 3 amide bonds. The van der Waals surface area contributed by atoms with Crippen molar-refractivity contribution in [1.82, 2.24) is 15.5 Å². The van der Waals surface area contributed by atoms with E-state index in [1.54, 1.807) is 57.2 Å². The molecule has 9 heteroatoms. The number of hydrogen-bond donors (Lipinski definition) is 4. The number of aliphatic hydroxyl groups excluding tert-OH is 1. The number of amides is 3. The lowest BCUT2D eigenvalue weighted by molar-refractivity contribution is -0.143. The summed E-state index contributed by atoms with van der Waals surface area (Å²) in [6, 6.07) is 10.7. The summed E-state index contributed by atoms with van der Waals surface area (Å²) >= 11 is 0. The Labute approximate surface area is 236 Å². The van der Waals surface area contributed by atoms with Crippen LogP contribution in [-0.2, 0) is 20.7 Å². The van der Waals surface area contributed by atoms with Crippen molar-refractivity contribution >= 4 is 17.9 Å². The third-order valence-corrected chi connectivity index (χ3v) is 6.02. The van der Waals surface area contributed by atoms with Gasteiger partial charge in [0.1, 0.15) is 23.4 Å². The Morgan fingerprint density at radius 3 is 2.25 bits per heavy atom. The van der Waals surface area contributed by atoms with Crippen LogP contribution in [-0.4, -0.2) is 64.4 Å². The third-order valence-electron chi connectivity index (χ3n) is 6.02. The molecule has 2 aromatic rings. The summed E-state index contributed by atoms with van der Waals surface area (Å²) in [7, 11) is 0. The topological polar surface area (TPSA) is 128 Å². The monoisotopic (exact) mass is 551 g/mol. The molecule has 2 unspecified atom stereocenters. The second-order valence-corrected chi connectivity index (χ2v) is 10.5. The largest absolute Gasteiger partial charge is 0.508 e. The molecule has 0 fully saturated rings. The fourth-order valence-corrected chi connectivity index (χ4v) is 4.11. The van der Waals surface area contributed by atoms with Gasteiger partial charge in [0, 0.05) is 25.1 Å². The molecule has 216 valence electrons. The number of rotatable bonds is 13.